The lowest BCUT2D eigenvalue weighted by Crippen LogP contribution is -2.22. The lowest BCUT2D eigenvalue weighted by Gasteiger charge is -2.15. The highest BCUT2D eigenvalue weighted by Crippen LogP contribution is 2.26. The average molecular weight is 401 g/mol. The Labute approximate surface area is 174 Å². The highest BCUT2D eigenvalue weighted by Gasteiger charge is 2.22. The second kappa shape index (κ2) is 8.22. The van der Waals surface area contributed by atoms with Gasteiger partial charge in [-0.05, 0) is 42.8 Å². The van der Waals surface area contributed by atoms with Crippen LogP contribution in [0, 0.1) is 0 Å². The van der Waals surface area contributed by atoms with E-state index in [2.05, 4.69) is 32.2 Å². The van der Waals surface area contributed by atoms with Crippen LogP contribution < -0.4 is 4.74 Å². The zero-order chi connectivity index (χ0) is 20.3. The van der Waals surface area contributed by atoms with Crippen LogP contribution in [0.5, 0.6) is 11.6 Å². The van der Waals surface area contributed by atoms with Crippen molar-refractivity contribution < 1.29 is 9.47 Å². The molecule has 1 aromatic carbocycles. The summed E-state index contributed by atoms with van der Waals surface area (Å²) in [5, 5.41) is 7.93. The number of hydrogen-bond donors (Lipinski definition) is 1. The van der Waals surface area contributed by atoms with Gasteiger partial charge in [0.25, 0.3) is 0 Å². The summed E-state index contributed by atoms with van der Waals surface area (Å²) < 4.78 is 11.4. The van der Waals surface area contributed by atoms with E-state index in [1.807, 2.05) is 36.4 Å². The van der Waals surface area contributed by atoms with E-state index in [0.717, 1.165) is 59.7 Å². The van der Waals surface area contributed by atoms with Crippen molar-refractivity contribution in [1.29, 1.82) is 0 Å². The van der Waals surface area contributed by atoms with E-state index >= 15 is 0 Å². The Bertz CT molecular complexity index is 1130. The minimum Gasteiger partial charge on any atom is -0.439 e. The molecule has 7 heteroatoms. The van der Waals surface area contributed by atoms with Crippen LogP contribution in [-0.4, -0.2) is 51.4 Å². The summed E-state index contributed by atoms with van der Waals surface area (Å²) in [4.78, 5) is 11.6. The van der Waals surface area contributed by atoms with Crippen LogP contribution in [0.25, 0.3) is 22.2 Å². The molecule has 0 aliphatic carbocycles. The highest BCUT2D eigenvalue weighted by atomic mass is 16.5. The zero-order valence-electron chi connectivity index (χ0n) is 16.8. The second-order valence-electron chi connectivity index (χ2n) is 7.50. The molecule has 30 heavy (non-hydrogen) atoms. The normalized spacial score (nSPS) is 16.9. The van der Waals surface area contributed by atoms with Crippen molar-refractivity contribution in [3.8, 4) is 22.9 Å². The lowest BCUT2D eigenvalue weighted by atomic mass is 10.2. The van der Waals surface area contributed by atoms with Gasteiger partial charge in [0.05, 0.1) is 23.0 Å². The Kier molecular flexibility index (Phi) is 5.13. The van der Waals surface area contributed by atoms with Gasteiger partial charge in [0.2, 0.25) is 5.88 Å². The number of H-pyrrole nitrogens is 1. The van der Waals surface area contributed by atoms with Crippen LogP contribution in [0.15, 0.2) is 60.9 Å². The molecular weight excluding hydrogens is 378 g/mol. The van der Waals surface area contributed by atoms with Crippen LogP contribution in [0.2, 0.25) is 0 Å². The van der Waals surface area contributed by atoms with Crippen LogP contribution in [0.3, 0.4) is 0 Å². The largest absolute Gasteiger partial charge is 0.439 e. The molecule has 1 aliphatic rings. The molecule has 1 atom stereocenters. The number of fused-ring (bicyclic) bond motifs is 1. The molecule has 4 heterocycles. The van der Waals surface area contributed by atoms with Crippen molar-refractivity contribution in [3.05, 3.63) is 66.6 Å². The predicted molar refractivity (Wildman–Crippen MR) is 114 cm³/mol. The minimum atomic E-state index is 0.340. The molecule has 4 aromatic rings. The van der Waals surface area contributed by atoms with E-state index < -0.39 is 0 Å². The number of likely N-dealkylation sites (tertiary alicyclic amines) is 1. The summed E-state index contributed by atoms with van der Waals surface area (Å²) in [7, 11) is 1.78. The molecule has 0 saturated carbocycles. The molecule has 1 saturated heterocycles. The lowest BCUT2D eigenvalue weighted by molar-refractivity contribution is 0.107. The van der Waals surface area contributed by atoms with Crippen molar-refractivity contribution in [3.63, 3.8) is 0 Å². The summed E-state index contributed by atoms with van der Waals surface area (Å²) in [5.41, 5.74) is 3.92. The smallest absolute Gasteiger partial charge is 0.219 e. The van der Waals surface area contributed by atoms with Gasteiger partial charge in [0, 0.05) is 56.2 Å². The number of ether oxygens (including phenoxy) is 2. The molecule has 0 bridgehead atoms. The molecule has 1 N–H and O–H groups in total. The first kappa shape index (κ1) is 18.7. The molecule has 1 fully saturated rings. The van der Waals surface area contributed by atoms with E-state index in [0.29, 0.717) is 12.0 Å². The molecule has 5 rings (SSSR count). The van der Waals surface area contributed by atoms with Crippen LogP contribution in [0.1, 0.15) is 12.1 Å². The van der Waals surface area contributed by atoms with Gasteiger partial charge in [-0.25, -0.2) is 4.98 Å². The number of nitrogens with one attached hydrogen (secondary N) is 1. The molecule has 0 radical (unpaired) electrons. The topological polar surface area (TPSA) is 76.2 Å². The summed E-state index contributed by atoms with van der Waals surface area (Å²) in [6.07, 6.45) is 4.91. The number of benzene rings is 1. The first-order valence-corrected chi connectivity index (χ1v) is 10.1. The van der Waals surface area contributed by atoms with E-state index in [1.54, 1.807) is 19.5 Å². The number of hydrogen-bond acceptors (Lipinski definition) is 6. The molecule has 0 spiro atoms. The Balaban J connectivity index is 1.28. The van der Waals surface area contributed by atoms with Crippen molar-refractivity contribution in [2.75, 3.05) is 20.2 Å². The summed E-state index contributed by atoms with van der Waals surface area (Å²) in [6, 6.07) is 15.8. The van der Waals surface area contributed by atoms with E-state index in [9.17, 15) is 0 Å². The van der Waals surface area contributed by atoms with Gasteiger partial charge in [0.15, 0.2) is 0 Å². The third-order valence-corrected chi connectivity index (χ3v) is 5.44. The molecule has 7 nitrogen and oxygen atoms in total. The van der Waals surface area contributed by atoms with Gasteiger partial charge >= 0.3 is 0 Å². The molecular formula is C23H23N5O2. The predicted octanol–water partition coefficient (Wildman–Crippen LogP) is 4.03. The molecule has 0 unspecified atom stereocenters. The van der Waals surface area contributed by atoms with Crippen molar-refractivity contribution in [2.45, 2.75) is 19.1 Å². The molecule has 152 valence electrons. The minimum absolute atomic E-state index is 0.340. The first-order valence-electron chi connectivity index (χ1n) is 10.1. The maximum atomic E-state index is 5.93. The van der Waals surface area contributed by atoms with Crippen LogP contribution >= 0.6 is 0 Å². The highest BCUT2D eigenvalue weighted by molar-refractivity contribution is 5.80. The third-order valence-electron chi connectivity index (χ3n) is 5.44. The fourth-order valence-electron chi connectivity index (χ4n) is 3.80. The monoisotopic (exact) mass is 401 g/mol. The Hall–Kier alpha value is -3.29. The number of aromatic nitrogens is 4. The van der Waals surface area contributed by atoms with Crippen molar-refractivity contribution in [1.82, 2.24) is 25.1 Å². The Morgan fingerprint density at radius 2 is 2.10 bits per heavy atom. The van der Waals surface area contributed by atoms with Crippen LogP contribution in [-0.2, 0) is 11.3 Å². The molecule has 0 amide bonds. The number of pyridine rings is 2. The van der Waals surface area contributed by atoms with Gasteiger partial charge in [-0.2, -0.15) is 5.10 Å². The average Bonchev–Trinajstić information content (AvgIpc) is 3.47. The molecule has 3 aromatic heterocycles. The fraction of sp³-hybridized carbons (Fsp3) is 0.261. The summed E-state index contributed by atoms with van der Waals surface area (Å²) in [6.45, 7) is 2.87. The van der Waals surface area contributed by atoms with E-state index in [4.69, 9.17) is 14.5 Å². The quantitative estimate of drug-likeness (QED) is 0.526. The fourth-order valence-corrected chi connectivity index (χ4v) is 3.80. The first-order chi connectivity index (χ1) is 14.8. The number of nitrogens with zero attached hydrogens (tertiary/aromatic N) is 4. The van der Waals surface area contributed by atoms with E-state index in [-0.39, 0.29) is 0 Å². The number of methoxy groups -OCH3 is 1. The van der Waals surface area contributed by atoms with Crippen molar-refractivity contribution in [2.24, 2.45) is 0 Å². The van der Waals surface area contributed by atoms with Gasteiger partial charge in [0.1, 0.15) is 5.75 Å². The third kappa shape index (κ3) is 4.03. The van der Waals surface area contributed by atoms with E-state index in [1.165, 1.54) is 0 Å². The van der Waals surface area contributed by atoms with Gasteiger partial charge < -0.3 is 9.47 Å². The summed E-state index contributed by atoms with van der Waals surface area (Å²) in [5.74, 6) is 1.28. The van der Waals surface area contributed by atoms with Gasteiger partial charge in [-0.1, -0.05) is 6.07 Å². The SMILES string of the molecule is CO[C@H]1CCN(Cc2ccc3cc(Oc4ccc(-c5ccn[nH]5)cn4)ccc3n2)C1. The Morgan fingerprint density at radius 3 is 2.87 bits per heavy atom. The van der Waals surface area contributed by atoms with Gasteiger partial charge in [-0.15, -0.1) is 0 Å². The maximum Gasteiger partial charge on any atom is 0.219 e. The van der Waals surface area contributed by atoms with Crippen molar-refractivity contribution >= 4 is 10.9 Å². The number of rotatable bonds is 6. The van der Waals surface area contributed by atoms with Gasteiger partial charge in [-0.3, -0.25) is 15.0 Å². The zero-order valence-corrected chi connectivity index (χ0v) is 16.8. The molecule has 1 aliphatic heterocycles. The van der Waals surface area contributed by atoms with Crippen LogP contribution in [0.4, 0.5) is 0 Å². The maximum absolute atomic E-state index is 5.93. The summed E-state index contributed by atoms with van der Waals surface area (Å²) >= 11 is 0. The Morgan fingerprint density at radius 1 is 1.13 bits per heavy atom. The standard InChI is InChI=1S/C23H23N5O2/c1-29-20-9-11-28(15-20)14-18-4-2-16-12-19(5-6-21(16)26-18)30-23-7-3-17(13-24-23)22-8-10-25-27-22/h2-8,10,12-13,20H,9,11,14-15H2,1H3,(H,25,27)/t20-/m0/s1. The number of aromatic amines is 1. The second-order valence-corrected chi connectivity index (χ2v) is 7.50.